The van der Waals surface area contributed by atoms with Crippen molar-refractivity contribution >= 4 is 36.2 Å². The van der Waals surface area contributed by atoms with E-state index in [4.69, 9.17) is 15.0 Å². The molecule has 0 bridgehead atoms. The van der Waals surface area contributed by atoms with Gasteiger partial charge < -0.3 is 35.5 Å². The van der Waals surface area contributed by atoms with Gasteiger partial charge in [0.2, 0.25) is 19.2 Å². The summed E-state index contributed by atoms with van der Waals surface area (Å²) in [4.78, 5) is 53.6. The van der Waals surface area contributed by atoms with E-state index in [2.05, 4.69) is 20.8 Å². The van der Waals surface area contributed by atoms with E-state index in [1.165, 1.54) is 6.92 Å². The van der Waals surface area contributed by atoms with E-state index >= 15 is 0 Å². The fraction of sp³-hybridized carbons (Fsp3) is 0.200. The number of H-pyrrole nitrogens is 1. The Kier molecular flexibility index (Phi) is 11.5. The molecule has 6 N–H and O–H groups in total. The van der Waals surface area contributed by atoms with Crippen molar-refractivity contribution in [2.45, 2.75) is 38.2 Å². The van der Waals surface area contributed by atoms with E-state index < -0.39 is 49.2 Å². The fourth-order valence-corrected chi connectivity index (χ4v) is 7.58. The number of nitrogens with zero attached hydrogens (tertiary/aromatic N) is 1. The van der Waals surface area contributed by atoms with E-state index in [1.54, 1.807) is 36.5 Å². The maximum Gasteiger partial charge on any atom is 0.408 e. The van der Waals surface area contributed by atoms with Crippen LogP contribution < -0.4 is 16.4 Å². The number of benzene rings is 4. The highest BCUT2D eigenvalue weighted by molar-refractivity contribution is 7.58. The van der Waals surface area contributed by atoms with Crippen molar-refractivity contribution in [1.29, 1.82) is 0 Å². The summed E-state index contributed by atoms with van der Waals surface area (Å²) in [6, 6.07) is 34.7. The number of aromatic amines is 1. The molecule has 2 aromatic heterocycles. The molecular formula is C40H40N5O7P. The van der Waals surface area contributed by atoms with Gasteiger partial charge >= 0.3 is 6.09 Å². The van der Waals surface area contributed by atoms with Gasteiger partial charge in [-0.1, -0.05) is 108 Å². The number of ether oxygens (including phenoxy) is 1. The van der Waals surface area contributed by atoms with Gasteiger partial charge in [0, 0.05) is 47.7 Å². The Morgan fingerprint density at radius 1 is 0.868 bits per heavy atom. The van der Waals surface area contributed by atoms with Crippen LogP contribution in [0.3, 0.4) is 0 Å². The summed E-state index contributed by atoms with van der Waals surface area (Å²) in [5, 5.41) is 10.2. The van der Waals surface area contributed by atoms with E-state index in [9.17, 15) is 23.8 Å². The molecule has 1 unspecified atom stereocenters. The van der Waals surface area contributed by atoms with E-state index in [1.807, 2.05) is 84.9 Å². The quantitative estimate of drug-likeness (QED) is 0.0749. The number of hydrogen-bond acceptors (Lipinski definition) is 7. The van der Waals surface area contributed by atoms with Crippen LogP contribution in [-0.4, -0.2) is 50.9 Å². The number of primary amides is 1. The number of fused-ring (bicyclic) bond motifs is 1. The monoisotopic (exact) mass is 733 g/mol. The zero-order valence-electron chi connectivity index (χ0n) is 29.0. The Morgan fingerprint density at radius 2 is 1.51 bits per heavy atom. The Balaban J connectivity index is 1.19. The molecule has 0 aliphatic rings. The van der Waals surface area contributed by atoms with E-state index in [-0.39, 0.29) is 25.2 Å². The minimum Gasteiger partial charge on any atom is -0.445 e. The molecule has 0 radical (unpaired) electrons. The van der Waals surface area contributed by atoms with Gasteiger partial charge in [-0.05, 0) is 35.2 Å². The number of aromatic nitrogens is 2. The number of carbonyl (C=O) groups excluding carboxylic acids is 3. The molecule has 3 amide bonds. The van der Waals surface area contributed by atoms with Crippen molar-refractivity contribution in [1.82, 2.24) is 20.8 Å². The molecule has 2 heterocycles. The van der Waals surface area contributed by atoms with Crippen molar-refractivity contribution in [3.63, 3.8) is 0 Å². The second-order valence-electron chi connectivity index (χ2n) is 12.9. The van der Waals surface area contributed by atoms with Crippen LogP contribution in [0.2, 0.25) is 0 Å². The lowest BCUT2D eigenvalue weighted by atomic mass is 10.0. The van der Waals surface area contributed by atoms with Gasteiger partial charge in [-0.2, -0.15) is 0 Å². The van der Waals surface area contributed by atoms with Crippen LogP contribution in [0.15, 0.2) is 126 Å². The van der Waals surface area contributed by atoms with E-state index in [0.717, 1.165) is 38.7 Å². The molecule has 13 heteroatoms. The number of amides is 3. The van der Waals surface area contributed by atoms with Gasteiger partial charge in [0.25, 0.3) is 0 Å². The second-order valence-corrected chi connectivity index (χ2v) is 15.5. The summed E-state index contributed by atoms with van der Waals surface area (Å²) >= 11 is 0. The van der Waals surface area contributed by atoms with E-state index in [0.29, 0.717) is 5.69 Å². The van der Waals surface area contributed by atoms with Gasteiger partial charge in [-0.15, -0.1) is 0 Å². The average Bonchev–Trinajstić information content (AvgIpc) is 3.81. The lowest BCUT2D eigenvalue weighted by molar-refractivity contribution is -0.129. The Morgan fingerprint density at radius 3 is 2.23 bits per heavy atom. The lowest BCUT2D eigenvalue weighted by Crippen LogP contribution is -2.49. The van der Waals surface area contributed by atoms with Gasteiger partial charge in [-0.3, -0.25) is 14.2 Å². The Hall–Kier alpha value is -5.97. The van der Waals surface area contributed by atoms with Crippen molar-refractivity contribution in [2.24, 2.45) is 11.7 Å². The van der Waals surface area contributed by atoms with Crippen LogP contribution in [-0.2, 0) is 38.3 Å². The van der Waals surface area contributed by atoms with Crippen molar-refractivity contribution in [3.8, 4) is 22.4 Å². The third-order valence-corrected chi connectivity index (χ3v) is 11.4. The first-order valence-corrected chi connectivity index (χ1v) is 19.0. The van der Waals surface area contributed by atoms with Gasteiger partial charge in [0.1, 0.15) is 29.9 Å². The molecule has 6 aromatic rings. The smallest absolute Gasteiger partial charge is 0.408 e. The van der Waals surface area contributed by atoms with Crippen LogP contribution >= 0.6 is 7.37 Å². The number of alkyl carbamates (subject to hydrolysis) is 1. The molecule has 6 rings (SSSR count). The standard InChI is InChI=1S/C40H40N5O7P/c1-26(43-40(48)51-24-27-10-4-2-5-11-27)53(49,50)25-32(39(47)44-37(38(41)46)21-31-23-42-35-15-9-8-14-34(31)35)20-33-22-36(45-52-33)30-18-16-29(17-19-30)28-12-6-3-7-13-28/h2-19,22-23,26,32,37,42H,20-21,24-25H2,1H3,(H2,41,46)(H,43,48)(H,44,47)(H,49,50)/t26-,32-,37+/m1/s1. The van der Waals surface area contributed by atoms with Crippen LogP contribution in [0.1, 0.15) is 23.8 Å². The highest BCUT2D eigenvalue weighted by atomic mass is 31.2. The van der Waals surface area contributed by atoms with Crippen molar-refractivity contribution < 1.29 is 33.1 Å². The largest absolute Gasteiger partial charge is 0.445 e. The molecule has 4 aromatic carbocycles. The van der Waals surface area contributed by atoms with Crippen LogP contribution in [0, 0.1) is 5.92 Å². The topological polar surface area (TPSA) is 190 Å². The molecule has 0 saturated heterocycles. The highest BCUT2D eigenvalue weighted by Gasteiger charge is 2.37. The third kappa shape index (κ3) is 9.48. The van der Waals surface area contributed by atoms with Crippen molar-refractivity contribution in [3.05, 3.63) is 138 Å². The minimum absolute atomic E-state index is 0.0338. The summed E-state index contributed by atoms with van der Waals surface area (Å²) in [7, 11) is -4.28. The van der Waals surface area contributed by atoms with Crippen LogP contribution in [0.5, 0.6) is 0 Å². The van der Waals surface area contributed by atoms with Gasteiger partial charge in [0.05, 0.1) is 5.92 Å². The Bertz CT molecular complexity index is 2220. The zero-order valence-corrected chi connectivity index (χ0v) is 29.9. The SMILES string of the molecule is C[C@H](NC(=O)OCc1ccccc1)P(=O)(O)C[C@@H](Cc1cc(-c2ccc(-c3ccccc3)cc2)no1)C(=O)N[C@@H](Cc1c[nH]c2ccccc12)C(N)=O. The molecule has 0 aliphatic heterocycles. The molecule has 4 atom stereocenters. The summed E-state index contributed by atoms with van der Waals surface area (Å²) in [6.07, 6.45) is 0.265. The summed E-state index contributed by atoms with van der Waals surface area (Å²) in [5.41, 5.74) is 11.5. The molecule has 0 aliphatic carbocycles. The lowest BCUT2D eigenvalue weighted by Gasteiger charge is -2.25. The Labute approximate surface area is 306 Å². The van der Waals surface area contributed by atoms with Gasteiger partial charge in [-0.25, -0.2) is 4.79 Å². The molecule has 272 valence electrons. The number of nitrogens with two attached hydrogens (primary N) is 1. The number of carbonyl (C=O) groups is 3. The number of nitrogens with one attached hydrogen (secondary N) is 3. The number of rotatable bonds is 15. The van der Waals surface area contributed by atoms with Crippen LogP contribution in [0.4, 0.5) is 4.79 Å². The first-order valence-electron chi connectivity index (χ1n) is 17.1. The highest BCUT2D eigenvalue weighted by Crippen LogP contribution is 2.47. The summed E-state index contributed by atoms with van der Waals surface area (Å²) < 4.78 is 24.7. The summed E-state index contributed by atoms with van der Waals surface area (Å²) in [5.74, 6) is -3.63. The first kappa shape index (κ1) is 36.8. The van der Waals surface area contributed by atoms with Crippen molar-refractivity contribution in [2.75, 3.05) is 6.16 Å². The predicted molar refractivity (Wildman–Crippen MR) is 202 cm³/mol. The molecular weight excluding hydrogens is 693 g/mol. The predicted octanol–water partition coefficient (Wildman–Crippen LogP) is 6.40. The molecule has 0 fully saturated rings. The normalized spacial score (nSPS) is 14.1. The maximum absolute atomic E-state index is 14.0. The first-order chi connectivity index (χ1) is 25.6. The number of hydrogen-bond donors (Lipinski definition) is 5. The van der Waals surface area contributed by atoms with Gasteiger partial charge in [0.15, 0.2) is 0 Å². The molecule has 53 heavy (non-hydrogen) atoms. The third-order valence-electron chi connectivity index (χ3n) is 9.05. The summed E-state index contributed by atoms with van der Waals surface area (Å²) in [6.45, 7) is 1.34. The number of para-hydroxylation sites is 1. The maximum atomic E-state index is 14.0. The average molecular weight is 734 g/mol. The minimum atomic E-state index is -4.28. The molecule has 0 saturated carbocycles. The molecule has 12 nitrogen and oxygen atoms in total. The second kappa shape index (κ2) is 16.6. The van der Waals surface area contributed by atoms with Crippen LogP contribution in [0.25, 0.3) is 33.3 Å². The zero-order chi connectivity index (χ0) is 37.4. The molecule has 0 spiro atoms. The fourth-order valence-electron chi connectivity index (χ4n) is 6.04.